The van der Waals surface area contributed by atoms with Crippen molar-refractivity contribution in [3.63, 3.8) is 0 Å². The fourth-order valence-electron chi connectivity index (χ4n) is 8.85. The van der Waals surface area contributed by atoms with Gasteiger partial charge in [-0.2, -0.15) is 0 Å². The largest absolute Gasteiger partial charge is 0.497 e. The van der Waals surface area contributed by atoms with Gasteiger partial charge in [0.1, 0.15) is 46.0 Å². The number of rotatable bonds is 20. The van der Waals surface area contributed by atoms with Crippen LogP contribution in [0.15, 0.2) is 170 Å². The number of methoxy groups -OCH3 is 8. The van der Waals surface area contributed by atoms with Gasteiger partial charge in [0.2, 0.25) is 0 Å². The van der Waals surface area contributed by atoms with Crippen LogP contribution in [0, 0.1) is 0 Å². The highest BCUT2D eigenvalue weighted by Gasteiger charge is 2.38. The average molecular weight is 969 g/mol. The molecular weight excluding hydrogens is 909 g/mol. The van der Waals surface area contributed by atoms with Crippen LogP contribution in [-0.4, -0.2) is 56.9 Å². The molecule has 0 N–H and O–H groups in total. The van der Waals surface area contributed by atoms with E-state index >= 15 is 0 Å². The fourth-order valence-corrected chi connectivity index (χ4v) is 8.85. The monoisotopic (exact) mass is 968 g/mol. The summed E-state index contributed by atoms with van der Waals surface area (Å²) in [6.07, 6.45) is 16.7. The minimum Gasteiger partial charge on any atom is -0.497 e. The lowest BCUT2D eigenvalue weighted by molar-refractivity contribution is 0.394. The molecule has 0 saturated heterocycles. The maximum Gasteiger partial charge on any atom is 0.123 e. The highest BCUT2D eigenvalue weighted by Crippen LogP contribution is 2.46. The maximum atomic E-state index is 5.55. The summed E-state index contributed by atoms with van der Waals surface area (Å²) in [7, 11) is 13.3. The Balaban J connectivity index is 1.26. The van der Waals surface area contributed by atoms with Gasteiger partial charge in [0, 0.05) is 24.3 Å². The van der Waals surface area contributed by atoms with Crippen LogP contribution in [0.1, 0.15) is 66.8 Å². The molecule has 0 spiro atoms. The van der Waals surface area contributed by atoms with Crippen LogP contribution >= 0.6 is 0 Å². The summed E-state index contributed by atoms with van der Waals surface area (Å²) in [5, 5.41) is 0. The van der Waals surface area contributed by atoms with Crippen LogP contribution in [0.3, 0.4) is 0 Å². The summed E-state index contributed by atoms with van der Waals surface area (Å²) in [5.41, 5.74) is 11.6. The molecule has 8 heteroatoms. The molecule has 73 heavy (non-hydrogen) atoms. The molecule has 8 aromatic rings. The molecule has 0 radical (unpaired) electrons. The van der Waals surface area contributed by atoms with E-state index in [1.807, 2.05) is 72.8 Å². The summed E-state index contributed by atoms with van der Waals surface area (Å²) in [6.45, 7) is 0. The molecular formula is C65H60O8. The van der Waals surface area contributed by atoms with Gasteiger partial charge in [0.05, 0.1) is 62.3 Å². The van der Waals surface area contributed by atoms with E-state index in [0.29, 0.717) is 0 Å². The smallest absolute Gasteiger partial charge is 0.123 e. The molecule has 0 aromatic heterocycles. The van der Waals surface area contributed by atoms with Gasteiger partial charge in [-0.1, -0.05) is 146 Å². The summed E-state index contributed by atoms with van der Waals surface area (Å²) in [4.78, 5) is 0. The normalized spacial score (nSPS) is 11.6. The van der Waals surface area contributed by atoms with Crippen molar-refractivity contribution in [3.05, 3.63) is 237 Å². The minimum atomic E-state index is -0.768. The maximum absolute atomic E-state index is 5.55. The second kappa shape index (κ2) is 23.8. The predicted octanol–water partition coefficient (Wildman–Crippen LogP) is 14.8. The molecule has 0 heterocycles. The average Bonchev–Trinajstić information content (AvgIpc) is 3.45. The lowest BCUT2D eigenvalue weighted by atomic mass is 9.64. The first-order valence-corrected chi connectivity index (χ1v) is 23.8. The number of ether oxygens (including phenoxy) is 8. The molecule has 0 amide bonds. The lowest BCUT2D eigenvalue weighted by Gasteiger charge is -2.37. The molecule has 368 valence electrons. The van der Waals surface area contributed by atoms with E-state index in [1.54, 1.807) is 56.9 Å². The summed E-state index contributed by atoms with van der Waals surface area (Å²) >= 11 is 0. The molecule has 8 rings (SSSR count). The Hall–Kier alpha value is -8.88. The molecule has 0 aliphatic carbocycles. The number of hydrogen-bond acceptors (Lipinski definition) is 8. The molecule has 0 saturated carbocycles. The Morgan fingerprint density at radius 1 is 0.205 bits per heavy atom. The topological polar surface area (TPSA) is 73.8 Å². The van der Waals surface area contributed by atoms with Crippen LogP contribution in [0.2, 0.25) is 0 Å². The van der Waals surface area contributed by atoms with Crippen LogP contribution in [-0.2, 0) is 5.41 Å². The molecule has 0 unspecified atom stereocenters. The molecule has 0 bridgehead atoms. The first-order valence-electron chi connectivity index (χ1n) is 23.8. The van der Waals surface area contributed by atoms with Crippen molar-refractivity contribution < 1.29 is 37.9 Å². The van der Waals surface area contributed by atoms with Gasteiger partial charge in [-0.05, 0) is 115 Å². The first-order chi connectivity index (χ1) is 35.7. The lowest BCUT2D eigenvalue weighted by Crippen LogP contribution is -2.31. The Kier molecular flexibility index (Phi) is 16.5. The molecule has 0 aliphatic heterocycles. The molecule has 0 atom stereocenters. The fraction of sp³-hybridized carbons (Fsp3) is 0.138. The quantitative estimate of drug-likeness (QED) is 0.0552. The van der Waals surface area contributed by atoms with E-state index in [-0.39, 0.29) is 0 Å². The van der Waals surface area contributed by atoms with Gasteiger partial charge in [0.25, 0.3) is 0 Å². The summed E-state index contributed by atoms with van der Waals surface area (Å²) in [5.74, 6) is 5.82. The number of hydrogen-bond donors (Lipinski definition) is 0. The Labute approximate surface area is 429 Å². The first kappa shape index (κ1) is 50.5. The van der Waals surface area contributed by atoms with Crippen LogP contribution in [0.25, 0.3) is 48.6 Å². The van der Waals surface area contributed by atoms with Crippen LogP contribution in [0.4, 0.5) is 0 Å². The van der Waals surface area contributed by atoms with Crippen LogP contribution < -0.4 is 37.9 Å². The van der Waals surface area contributed by atoms with Crippen LogP contribution in [0.5, 0.6) is 46.0 Å². The molecule has 0 fully saturated rings. The van der Waals surface area contributed by atoms with Crippen molar-refractivity contribution in [1.29, 1.82) is 0 Å². The van der Waals surface area contributed by atoms with Crippen molar-refractivity contribution in [2.45, 2.75) is 5.41 Å². The van der Waals surface area contributed by atoms with Gasteiger partial charge in [-0.15, -0.1) is 0 Å². The van der Waals surface area contributed by atoms with Crippen molar-refractivity contribution in [3.8, 4) is 46.0 Å². The van der Waals surface area contributed by atoms with Gasteiger partial charge in [-0.25, -0.2) is 0 Å². The van der Waals surface area contributed by atoms with E-state index in [2.05, 4.69) is 146 Å². The van der Waals surface area contributed by atoms with E-state index in [1.165, 1.54) is 0 Å². The Morgan fingerprint density at radius 3 is 0.507 bits per heavy atom. The Morgan fingerprint density at radius 2 is 0.356 bits per heavy atom. The van der Waals surface area contributed by atoms with Gasteiger partial charge >= 0.3 is 0 Å². The van der Waals surface area contributed by atoms with Gasteiger partial charge in [0.15, 0.2) is 0 Å². The van der Waals surface area contributed by atoms with E-state index < -0.39 is 5.41 Å². The van der Waals surface area contributed by atoms with E-state index in [9.17, 15) is 0 Å². The standard InChI is InChI=1S/C65H60O8/c1-66-57-33-49(34-58(41-57)67-2)13-9-45-17-25-53(26-18-45)65(54-27-19-46(20-28-54)10-14-50-35-59(68-3)42-60(36-50)69-4,55-29-21-47(22-30-55)11-15-51-37-61(70-5)43-62(38-51)71-6)56-31-23-48(24-32-56)12-16-52-39-63(72-7)44-64(40-52)73-8/h9-44H,1-8H3/b13-9+,14-10+,15-11+,16-12+. The second-order valence-corrected chi connectivity index (χ2v) is 17.2. The van der Waals surface area contributed by atoms with Gasteiger partial charge in [-0.3, -0.25) is 0 Å². The molecule has 8 nitrogen and oxygen atoms in total. The minimum absolute atomic E-state index is 0.727. The van der Waals surface area contributed by atoms with Crippen molar-refractivity contribution in [2.24, 2.45) is 0 Å². The third-order valence-corrected chi connectivity index (χ3v) is 12.7. The Bertz CT molecular complexity index is 2710. The highest BCUT2D eigenvalue weighted by atomic mass is 16.5. The SMILES string of the molecule is COc1cc(/C=C/c2ccc(C(c3ccc(/C=C/c4cc(OC)cc(OC)c4)cc3)(c3ccc(/C=C/c4cc(OC)cc(OC)c4)cc3)c3ccc(/C=C/c4cc(OC)cc(OC)c4)cc3)cc2)cc(OC)c1. The zero-order valence-corrected chi connectivity index (χ0v) is 42.6. The molecule has 8 aromatic carbocycles. The predicted molar refractivity (Wildman–Crippen MR) is 299 cm³/mol. The van der Waals surface area contributed by atoms with Crippen molar-refractivity contribution in [2.75, 3.05) is 56.9 Å². The van der Waals surface area contributed by atoms with E-state index in [0.717, 1.165) is 113 Å². The van der Waals surface area contributed by atoms with Gasteiger partial charge < -0.3 is 37.9 Å². The van der Waals surface area contributed by atoms with Crippen molar-refractivity contribution in [1.82, 2.24) is 0 Å². The zero-order chi connectivity index (χ0) is 51.2. The highest BCUT2D eigenvalue weighted by molar-refractivity contribution is 5.76. The zero-order valence-electron chi connectivity index (χ0n) is 42.6. The molecule has 0 aliphatic rings. The van der Waals surface area contributed by atoms with Crippen molar-refractivity contribution >= 4 is 48.6 Å². The summed E-state index contributed by atoms with van der Waals surface area (Å²) < 4.78 is 44.4. The number of benzene rings is 8. The third-order valence-electron chi connectivity index (χ3n) is 12.7. The second-order valence-electron chi connectivity index (χ2n) is 17.2. The van der Waals surface area contributed by atoms with E-state index in [4.69, 9.17) is 37.9 Å². The third kappa shape index (κ3) is 12.2. The summed E-state index contributed by atoms with van der Waals surface area (Å²) in [6, 6.07) is 58.7.